The van der Waals surface area contributed by atoms with Crippen molar-refractivity contribution in [2.24, 2.45) is 29.6 Å². The molecule has 10 atom stereocenters. The third-order valence-electron chi connectivity index (χ3n) is 13.3. The predicted octanol–water partition coefficient (Wildman–Crippen LogP) is 4.54. The average Bonchev–Trinajstić information content (AvgIpc) is 3.95. The number of piperidine rings is 1. The highest BCUT2D eigenvalue weighted by Crippen LogP contribution is 2.71. The molecule has 54 heavy (non-hydrogen) atoms. The van der Waals surface area contributed by atoms with Crippen molar-refractivity contribution in [3.63, 3.8) is 0 Å². The molecule has 4 aromatic carbocycles. The highest BCUT2D eigenvalue weighted by atomic mass is 16.5. The third kappa shape index (κ3) is 3.92. The van der Waals surface area contributed by atoms with E-state index in [1.54, 1.807) is 48.5 Å². The minimum Gasteiger partial charge on any atom is -0.497 e. The number of rotatable bonds is 6. The Hall–Kier alpha value is -5.81. The molecule has 4 amide bonds. The zero-order chi connectivity index (χ0) is 37.2. The fourth-order valence-electron chi connectivity index (χ4n) is 11.6. The van der Waals surface area contributed by atoms with E-state index in [0.29, 0.717) is 29.3 Å². The molecule has 0 N–H and O–H groups in total. The van der Waals surface area contributed by atoms with Crippen molar-refractivity contribution < 1.29 is 38.2 Å². The number of hydrogen-bond acceptors (Lipinski definition) is 9. The molecule has 272 valence electrons. The minimum atomic E-state index is -1.91. The van der Waals surface area contributed by atoms with Crippen LogP contribution < -0.4 is 19.3 Å². The molecule has 11 heteroatoms. The molecule has 6 aliphatic rings. The lowest BCUT2D eigenvalue weighted by Crippen LogP contribution is -2.64. The Kier molecular flexibility index (Phi) is 7.04. The number of carbonyl (C=O) groups is 5. The van der Waals surface area contributed by atoms with Gasteiger partial charge < -0.3 is 14.2 Å². The molecule has 5 heterocycles. The largest absolute Gasteiger partial charge is 0.497 e. The third-order valence-corrected chi connectivity index (χ3v) is 13.3. The first kappa shape index (κ1) is 32.8. The second-order valence-corrected chi connectivity index (χ2v) is 15.1. The number of fused-ring (bicyclic) bond motifs is 10. The van der Waals surface area contributed by atoms with E-state index in [9.17, 15) is 9.59 Å². The van der Waals surface area contributed by atoms with Gasteiger partial charge in [0.1, 0.15) is 17.0 Å². The lowest BCUT2D eigenvalue weighted by molar-refractivity contribution is -0.164. The number of esters is 1. The van der Waals surface area contributed by atoms with E-state index in [1.165, 1.54) is 26.2 Å². The van der Waals surface area contributed by atoms with Gasteiger partial charge in [-0.3, -0.25) is 24.1 Å². The van der Waals surface area contributed by atoms with Crippen molar-refractivity contribution in [2.75, 3.05) is 31.1 Å². The van der Waals surface area contributed by atoms with E-state index in [2.05, 4.69) is 24.3 Å². The molecule has 0 bridgehead atoms. The van der Waals surface area contributed by atoms with E-state index in [4.69, 9.17) is 14.2 Å². The summed E-state index contributed by atoms with van der Waals surface area (Å²) in [5.41, 5.74) is 2.08. The summed E-state index contributed by atoms with van der Waals surface area (Å²) in [4.78, 5) is 79.5. The first-order valence-corrected chi connectivity index (χ1v) is 18.3. The van der Waals surface area contributed by atoms with Crippen molar-refractivity contribution in [3.8, 4) is 11.5 Å². The lowest BCUT2D eigenvalue weighted by atomic mass is 9.64. The molecule has 0 radical (unpaired) electrons. The van der Waals surface area contributed by atoms with Crippen molar-refractivity contribution in [3.05, 3.63) is 120 Å². The van der Waals surface area contributed by atoms with Crippen LogP contribution in [0, 0.1) is 29.6 Å². The van der Waals surface area contributed by atoms with Crippen LogP contribution in [0.3, 0.4) is 0 Å². The lowest BCUT2D eigenvalue weighted by Gasteiger charge is -2.49. The summed E-state index contributed by atoms with van der Waals surface area (Å²) in [7, 11) is 4.31. The fourth-order valence-corrected chi connectivity index (χ4v) is 11.6. The summed E-state index contributed by atoms with van der Waals surface area (Å²) in [5.74, 6) is -6.75. The van der Waals surface area contributed by atoms with Crippen LogP contribution in [0.5, 0.6) is 11.5 Å². The second kappa shape index (κ2) is 11.6. The quantitative estimate of drug-likeness (QED) is 0.209. The van der Waals surface area contributed by atoms with Crippen LogP contribution in [0.4, 0.5) is 11.4 Å². The predicted molar refractivity (Wildman–Crippen MR) is 195 cm³/mol. The van der Waals surface area contributed by atoms with Crippen LogP contribution in [0.25, 0.3) is 0 Å². The van der Waals surface area contributed by atoms with Gasteiger partial charge in [-0.2, -0.15) is 0 Å². The smallest absolute Gasteiger partial charge is 0.328 e. The molecule has 5 fully saturated rings. The van der Waals surface area contributed by atoms with Gasteiger partial charge in [-0.1, -0.05) is 54.6 Å². The van der Waals surface area contributed by atoms with Crippen LogP contribution in [-0.4, -0.2) is 73.4 Å². The Morgan fingerprint density at radius 3 is 1.70 bits per heavy atom. The molecule has 0 aromatic heterocycles. The van der Waals surface area contributed by atoms with Gasteiger partial charge in [-0.25, -0.2) is 14.6 Å². The van der Waals surface area contributed by atoms with Crippen molar-refractivity contribution in [1.29, 1.82) is 0 Å². The fraction of sp³-hybridized carbons (Fsp3) is 0.326. The normalized spacial score (nSPS) is 33.0. The molecule has 4 aromatic rings. The molecule has 5 saturated heterocycles. The number of hydrogen-bond donors (Lipinski definition) is 0. The highest BCUT2D eigenvalue weighted by Gasteiger charge is 2.86. The maximum atomic E-state index is 15.2. The summed E-state index contributed by atoms with van der Waals surface area (Å²) in [5, 5.41) is 0. The SMILES string of the molecule is COC(=O)[C@@]12[C@@H]3C(=O)N(c4ccc(OC)cc4)C(=O)[C@@H]3[C@@H]3[C@@H]4[C@H](c5ccccc5)c5ccccc5[C@@H]4C[C@@H]([C@H]4C(=O)N(c5ccc(OC)cc5)C(=O)[C@H]41)N32. The molecule has 0 saturated carbocycles. The first-order chi connectivity index (χ1) is 26.3. The number of benzene rings is 4. The average molecular weight is 724 g/mol. The first-order valence-electron chi connectivity index (χ1n) is 18.3. The van der Waals surface area contributed by atoms with E-state index in [-0.39, 0.29) is 17.8 Å². The zero-order valence-corrected chi connectivity index (χ0v) is 29.8. The summed E-state index contributed by atoms with van der Waals surface area (Å²) in [6, 6.07) is 30.4. The molecule has 5 aliphatic heterocycles. The molecule has 0 spiro atoms. The number of anilines is 2. The molecule has 1 aliphatic carbocycles. The molecule has 0 unspecified atom stereocenters. The summed E-state index contributed by atoms with van der Waals surface area (Å²) < 4.78 is 16.3. The Balaban J connectivity index is 1.21. The van der Waals surface area contributed by atoms with Crippen LogP contribution in [0.1, 0.15) is 34.9 Å². The van der Waals surface area contributed by atoms with Gasteiger partial charge >= 0.3 is 5.97 Å². The number of imide groups is 2. The number of nitrogens with zero attached hydrogens (tertiary/aromatic N) is 3. The summed E-state index contributed by atoms with van der Waals surface area (Å²) >= 11 is 0. The van der Waals surface area contributed by atoms with Crippen molar-refractivity contribution in [1.82, 2.24) is 4.90 Å². The van der Waals surface area contributed by atoms with Gasteiger partial charge in [0.15, 0.2) is 0 Å². The van der Waals surface area contributed by atoms with Crippen LogP contribution in [-0.2, 0) is 28.7 Å². The van der Waals surface area contributed by atoms with Gasteiger partial charge in [0.2, 0.25) is 23.6 Å². The molecule has 11 nitrogen and oxygen atoms in total. The maximum absolute atomic E-state index is 15.2. The van der Waals surface area contributed by atoms with Gasteiger partial charge in [0.05, 0.1) is 56.4 Å². The zero-order valence-electron chi connectivity index (χ0n) is 29.8. The number of methoxy groups -OCH3 is 3. The standard InChI is InChI=1S/C43H37N3O8/c1-52-25-17-13-23(14-18-25)44-38(47)33-30-21-29-27-11-7-8-12-28(27)31(22-9-5-4-6-10-22)32(29)37-34-36(43(46(30)37,42(51)54-3)35(33)40(44)49)41(50)45(39(34)48)24-15-19-26(53-2)20-16-24/h4-20,29-37H,21H2,1-3H3/t29-,30-,31+,32-,33+,34-,35-,36-,37-,43-/m0/s1. The van der Waals surface area contributed by atoms with E-state index in [1.807, 2.05) is 35.2 Å². The van der Waals surface area contributed by atoms with Crippen molar-refractivity contribution in [2.45, 2.75) is 35.9 Å². The molecule has 10 rings (SSSR count). The monoisotopic (exact) mass is 723 g/mol. The van der Waals surface area contributed by atoms with Gasteiger partial charge in [0.25, 0.3) is 0 Å². The Bertz CT molecular complexity index is 2260. The van der Waals surface area contributed by atoms with Gasteiger partial charge in [-0.05, 0) is 83.5 Å². The maximum Gasteiger partial charge on any atom is 0.328 e. The minimum absolute atomic E-state index is 0.124. The van der Waals surface area contributed by atoms with E-state index < -0.39 is 70.9 Å². The van der Waals surface area contributed by atoms with Crippen LogP contribution in [0.2, 0.25) is 0 Å². The topological polar surface area (TPSA) is 123 Å². The Morgan fingerprint density at radius 1 is 0.630 bits per heavy atom. The molecular formula is C43H37N3O8. The van der Waals surface area contributed by atoms with Gasteiger partial charge in [-0.15, -0.1) is 0 Å². The number of carbonyl (C=O) groups excluding carboxylic acids is 5. The van der Waals surface area contributed by atoms with E-state index >= 15 is 14.4 Å². The Labute approximate surface area is 311 Å². The van der Waals surface area contributed by atoms with E-state index in [0.717, 1.165) is 21.6 Å². The van der Waals surface area contributed by atoms with Gasteiger partial charge in [0, 0.05) is 18.0 Å². The summed E-state index contributed by atoms with van der Waals surface area (Å²) in [6.45, 7) is 0. The Morgan fingerprint density at radius 2 is 1.15 bits per heavy atom. The highest BCUT2D eigenvalue weighted by molar-refractivity contribution is 6.28. The second-order valence-electron chi connectivity index (χ2n) is 15.1. The number of amides is 4. The molecular weight excluding hydrogens is 686 g/mol. The van der Waals surface area contributed by atoms with Crippen molar-refractivity contribution >= 4 is 41.0 Å². The number of ether oxygens (including phenoxy) is 3. The van der Waals surface area contributed by atoms with Crippen LogP contribution >= 0.6 is 0 Å². The summed E-state index contributed by atoms with van der Waals surface area (Å²) in [6.07, 6.45) is 0.459. The van der Waals surface area contributed by atoms with Crippen LogP contribution in [0.15, 0.2) is 103 Å².